The third kappa shape index (κ3) is 4.62. The summed E-state index contributed by atoms with van der Waals surface area (Å²) in [4.78, 5) is 10.6. The molecule has 0 saturated carbocycles. The lowest BCUT2D eigenvalue weighted by Crippen LogP contribution is -2.19. The fourth-order valence-corrected chi connectivity index (χ4v) is 9.56. The first-order valence-electron chi connectivity index (χ1n) is 8.55. The largest absolute Gasteiger partial charge is 0.344 e. The van der Waals surface area contributed by atoms with E-state index in [-0.39, 0.29) is 12.1 Å². The molecule has 0 aliphatic heterocycles. The Labute approximate surface area is 154 Å². The van der Waals surface area contributed by atoms with Gasteiger partial charge in [0, 0.05) is 16.8 Å². The Bertz CT molecular complexity index is 882. The number of aryl methyl sites for hydroxylation is 1. The van der Waals surface area contributed by atoms with Gasteiger partial charge in [0.05, 0.1) is 5.90 Å². The van der Waals surface area contributed by atoms with Crippen molar-refractivity contribution in [3.8, 4) is 0 Å². The van der Waals surface area contributed by atoms with E-state index in [1.54, 1.807) is 24.3 Å². The van der Waals surface area contributed by atoms with Crippen LogP contribution in [0.15, 0.2) is 91.0 Å². The standard InChI is InChI=1S/C21H22O3P2/c22-25(23,17-16-19-10-4-1-5-11-19)18-26(24,20-12-6-2-7-13-20)21-14-8-3-9-15-21/h1-15H,16-18H2,(H,22,23). The van der Waals surface area contributed by atoms with Crippen LogP contribution in [0.25, 0.3) is 0 Å². The molecule has 1 N–H and O–H groups in total. The third-order valence-corrected chi connectivity index (χ3v) is 10.9. The van der Waals surface area contributed by atoms with Crippen molar-refractivity contribution >= 4 is 25.1 Å². The minimum absolute atomic E-state index is 0.126. The molecule has 0 fully saturated rings. The second-order valence-electron chi connectivity index (χ2n) is 6.36. The molecule has 0 heterocycles. The average Bonchev–Trinajstić information content (AvgIpc) is 2.68. The van der Waals surface area contributed by atoms with E-state index >= 15 is 0 Å². The Morgan fingerprint density at radius 3 is 1.54 bits per heavy atom. The number of rotatable bonds is 7. The van der Waals surface area contributed by atoms with Crippen LogP contribution >= 0.6 is 14.5 Å². The van der Waals surface area contributed by atoms with Crippen molar-refractivity contribution in [1.82, 2.24) is 0 Å². The number of hydrogen-bond donors (Lipinski definition) is 1. The lowest BCUT2D eigenvalue weighted by Gasteiger charge is -2.22. The first kappa shape index (κ1) is 18.9. The van der Waals surface area contributed by atoms with E-state index in [0.29, 0.717) is 17.0 Å². The Balaban J connectivity index is 1.88. The molecule has 26 heavy (non-hydrogen) atoms. The third-order valence-electron chi connectivity index (χ3n) is 4.36. The summed E-state index contributed by atoms with van der Waals surface area (Å²) in [7, 11) is -6.75. The van der Waals surface area contributed by atoms with Gasteiger partial charge < -0.3 is 9.46 Å². The zero-order valence-corrected chi connectivity index (χ0v) is 16.2. The van der Waals surface area contributed by atoms with Crippen molar-refractivity contribution in [2.45, 2.75) is 6.42 Å². The summed E-state index contributed by atoms with van der Waals surface area (Å²) < 4.78 is 26.8. The minimum atomic E-state index is -3.57. The lowest BCUT2D eigenvalue weighted by molar-refractivity contribution is 0.482. The van der Waals surface area contributed by atoms with Crippen molar-refractivity contribution in [3.05, 3.63) is 96.6 Å². The molecule has 0 bridgehead atoms. The Morgan fingerprint density at radius 1 is 0.654 bits per heavy atom. The highest BCUT2D eigenvalue weighted by Crippen LogP contribution is 2.58. The highest BCUT2D eigenvalue weighted by molar-refractivity contribution is 7.87. The van der Waals surface area contributed by atoms with E-state index in [2.05, 4.69) is 0 Å². The van der Waals surface area contributed by atoms with Crippen molar-refractivity contribution in [2.24, 2.45) is 0 Å². The maximum absolute atomic E-state index is 13.9. The first-order valence-corrected chi connectivity index (χ1v) is 12.5. The summed E-state index contributed by atoms with van der Waals surface area (Å²) in [6.45, 7) is 0. The van der Waals surface area contributed by atoms with Gasteiger partial charge in [0.1, 0.15) is 0 Å². The highest BCUT2D eigenvalue weighted by atomic mass is 31.2. The van der Waals surface area contributed by atoms with E-state index < -0.39 is 14.5 Å². The van der Waals surface area contributed by atoms with Crippen molar-refractivity contribution in [1.29, 1.82) is 0 Å². The molecule has 3 aromatic carbocycles. The molecule has 0 spiro atoms. The summed E-state index contributed by atoms with van der Waals surface area (Å²) in [5.74, 6) is -0.207. The molecule has 3 aromatic rings. The van der Waals surface area contributed by atoms with Crippen molar-refractivity contribution < 1.29 is 14.0 Å². The van der Waals surface area contributed by atoms with Crippen LogP contribution in [-0.2, 0) is 15.6 Å². The van der Waals surface area contributed by atoms with Crippen LogP contribution in [0.4, 0.5) is 0 Å². The van der Waals surface area contributed by atoms with Crippen LogP contribution in [0.3, 0.4) is 0 Å². The van der Waals surface area contributed by atoms with Crippen LogP contribution in [0.2, 0.25) is 0 Å². The van der Waals surface area contributed by atoms with Gasteiger partial charge >= 0.3 is 0 Å². The van der Waals surface area contributed by atoms with Crippen LogP contribution in [0.1, 0.15) is 5.56 Å². The SMILES string of the molecule is O=P(O)(CCc1ccccc1)CP(=O)(c1ccccc1)c1ccccc1. The van der Waals surface area contributed by atoms with Gasteiger partial charge in [0.2, 0.25) is 7.37 Å². The zero-order valence-electron chi connectivity index (χ0n) is 14.4. The molecule has 5 heteroatoms. The molecular weight excluding hydrogens is 362 g/mol. The predicted molar refractivity (Wildman–Crippen MR) is 109 cm³/mol. The van der Waals surface area contributed by atoms with Gasteiger partial charge in [-0.1, -0.05) is 91.0 Å². The zero-order chi connectivity index (χ0) is 18.5. The summed E-state index contributed by atoms with van der Waals surface area (Å²) in [6.07, 6.45) is 0.624. The van der Waals surface area contributed by atoms with Crippen LogP contribution in [-0.4, -0.2) is 17.0 Å². The van der Waals surface area contributed by atoms with E-state index in [0.717, 1.165) is 5.56 Å². The van der Waals surface area contributed by atoms with Gasteiger partial charge in [-0.25, -0.2) is 0 Å². The normalized spacial score (nSPS) is 13.9. The van der Waals surface area contributed by atoms with E-state index in [1.807, 2.05) is 66.7 Å². The van der Waals surface area contributed by atoms with Gasteiger partial charge in [-0.15, -0.1) is 0 Å². The minimum Gasteiger partial charge on any atom is -0.344 e. The molecule has 0 amide bonds. The second kappa shape index (κ2) is 8.18. The molecule has 0 aliphatic carbocycles. The van der Waals surface area contributed by atoms with Gasteiger partial charge in [-0.2, -0.15) is 0 Å². The van der Waals surface area contributed by atoms with Gasteiger partial charge in [-0.05, 0) is 12.0 Å². The first-order chi connectivity index (χ1) is 12.5. The maximum atomic E-state index is 13.9. The Kier molecular flexibility index (Phi) is 5.94. The molecule has 0 saturated heterocycles. The molecular formula is C21H22O3P2. The average molecular weight is 384 g/mol. The molecule has 0 aromatic heterocycles. The van der Waals surface area contributed by atoms with E-state index in [4.69, 9.17) is 0 Å². The fourth-order valence-electron chi connectivity index (χ4n) is 2.98. The molecule has 1 unspecified atom stereocenters. The van der Waals surface area contributed by atoms with E-state index in [9.17, 15) is 14.0 Å². The van der Waals surface area contributed by atoms with Gasteiger partial charge in [0.25, 0.3) is 0 Å². The smallest absolute Gasteiger partial charge is 0.208 e. The van der Waals surface area contributed by atoms with Crippen molar-refractivity contribution in [2.75, 3.05) is 12.1 Å². The summed E-state index contributed by atoms with van der Waals surface area (Å²) in [5.41, 5.74) is 1.01. The topological polar surface area (TPSA) is 54.4 Å². The summed E-state index contributed by atoms with van der Waals surface area (Å²) >= 11 is 0. The maximum Gasteiger partial charge on any atom is 0.208 e. The molecule has 3 nitrogen and oxygen atoms in total. The second-order valence-corrected chi connectivity index (χ2v) is 12.1. The fraction of sp³-hybridized carbons (Fsp3) is 0.143. The Morgan fingerprint density at radius 2 is 1.08 bits per heavy atom. The Hall–Kier alpha value is -1.92. The highest BCUT2D eigenvalue weighted by Gasteiger charge is 2.35. The molecule has 1 atom stereocenters. The summed E-state index contributed by atoms with van der Waals surface area (Å²) in [6, 6.07) is 27.7. The van der Waals surface area contributed by atoms with Gasteiger partial charge in [0.15, 0.2) is 7.14 Å². The van der Waals surface area contributed by atoms with Gasteiger partial charge in [-0.3, -0.25) is 4.57 Å². The van der Waals surface area contributed by atoms with Crippen LogP contribution in [0.5, 0.6) is 0 Å². The van der Waals surface area contributed by atoms with E-state index in [1.165, 1.54) is 0 Å². The van der Waals surface area contributed by atoms with Crippen LogP contribution in [0, 0.1) is 0 Å². The number of benzene rings is 3. The summed E-state index contributed by atoms with van der Waals surface area (Å²) in [5, 5.41) is 1.25. The lowest BCUT2D eigenvalue weighted by atomic mass is 10.2. The molecule has 134 valence electrons. The monoisotopic (exact) mass is 384 g/mol. The number of hydrogen-bond acceptors (Lipinski definition) is 2. The van der Waals surface area contributed by atoms with Crippen molar-refractivity contribution in [3.63, 3.8) is 0 Å². The molecule has 0 radical (unpaired) electrons. The molecule has 3 rings (SSSR count). The van der Waals surface area contributed by atoms with Crippen LogP contribution < -0.4 is 10.6 Å². The molecule has 0 aliphatic rings. The quantitative estimate of drug-likeness (QED) is 0.612. The predicted octanol–water partition coefficient (Wildman–Crippen LogP) is 4.47.